The van der Waals surface area contributed by atoms with Gasteiger partial charge in [0.2, 0.25) is 0 Å². The fourth-order valence-corrected chi connectivity index (χ4v) is 3.47. The fraction of sp³-hybridized carbons (Fsp3) is 0.250. The summed E-state index contributed by atoms with van der Waals surface area (Å²) in [6.07, 6.45) is 0. The Morgan fingerprint density at radius 2 is 1.58 bits per heavy atom. The Morgan fingerprint density at radius 1 is 1.00 bits per heavy atom. The highest BCUT2D eigenvalue weighted by Crippen LogP contribution is 2.36. The van der Waals surface area contributed by atoms with E-state index in [0.717, 1.165) is 32.3 Å². The van der Waals surface area contributed by atoms with E-state index < -0.39 is 0 Å². The van der Waals surface area contributed by atoms with Crippen LogP contribution in [0.3, 0.4) is 0 Å². The van der Waals surface area contributed by atoms with Gasteiger partial charge < -0.3 is 0 Å². The molecule has 0 fully saturated rings. The van der Waals surface area contributed by atoms with Crippen molar-refractivity contribution in [1.82, 2.24) is 0 Å². The quantitative estimate of drug-likeness (QED) is 0.602. The van der Waals surface area contributed by atoms with E-state index in [0.29, 0.717) is 0 Å². The molecule has 3 heteroatoms. The molecule has 0 aliphatic carbocycles. The molecule has 0 bridgehead atoms. The predicted molar refractivity (Wildman–Crippen MR) is 82.4 cm³/mol. The third-order valence-electron chi connectivity index (χ3n) is 3.32. The second kappa shape index (κ2) is 5.64. The molecule has 0 amide bonds. The first-order chi connectivity index (χ1) is 8.90. The van der Waals surface area contributed by atoms with Crippen LogP contribution in [0.2, 0.25) is 0 Å². The number of benzene rings is 2. The summed E-state index contributed by atoms with van der Waals surface area (Å²) in [5, 5.41) is -0.256. The van der Waals surface area contributed by atoms with Crippen LogP contribution in [0.5, 0.6) is 0 Å². The van der Waals surface area contributed by atoms with Gasteiger partial charge in [-0.05, 0) is 72.9 Å². The molecule has 100 valence electrons. The van der Waals surface area contributed by atoms with Crippen molar-refractivity contribution < 1.29 is 4.39 Å². The van der Waals surface area contributed by atoms with Gasteiger partial charge in [0.15, 0.2) is 0 Å². The van der Waals surface area contributed by atoms with Gasteiger partial charge in [-0.2, -0.15) is 0 Å². The van der Waals surface area contributed by atoms with E-state index in [1.165, 1.54) is 12.1 Å². The van der Waals surface area contributed by atoms with Crippen LogP contribution < -0.4 is 0 Å². The standard InChI is InChI=1S/C16H15BrClF/c1-9-6-12(17)4-5-14(9)16(18)15-10(2)7-13(19)8-11(15)3/h4-8,16H,1-3H3. The Kier molecular flexibility index (Phi) is 4.32. The molecule has 0 radical (unpaired) electrons. The molecule has 0 saturated carbocycles. The minimum atomic E-state index is -0.256. The minimum Gasteiger partial charge on any atom is -0.207 e. The van der Waals surface area contributed by atoms with Crippen molar-refractivity contribution >= 4 is 27.5 Å². The lowest BCUT2D eigenvalue weighted by atomic mass is 9.93. The summed E-state index contributed by atoms with van der Waals surface area (Å²) < 4.78 is 14.4. The largest absolute Gasteiger partial charge is 0.207 e. The van der Waals surface area contributed by atoms with Crippen molar-refractivity contribution in [2.45, 2.75) is 26.1 Å². The van der Waals surface area contributed by atoms with Crippen molar-refractivity contribution in [3.8, 4) is 0 Å². The molecule has 19 heavy (non-hydrogen) atoms. The predicted octanol–water partition coefficient (Wildman–Crippen LogP) is 5.84. The van der Waals surface area contributed by atoms with Gasteiger partial charge in [0, 0.05) is 4.47 Å². The van der Waals surface area contributed by atoms with E-state index in [1.807, 2.05) is 39.0 Å². The first-order valence-electron chi connectivity index (χ1n) is 6.07. The number of aryl methyl sites for hydroxylation is 3. The van der Waals surface area contributed by atoms with Crippen LogP contribution in [0, 0.1) is 26.6 Å². The summed E-state index contributed by atoms with van der Waals surface area (Å²) >= 11 is 10.1. The van der Waals surface area contributed by atoms with Crippen LogP contribution in [0.15, 0.2) is 34.8 Å². The van der Waals surface area contributed by atoms with Crippen LogP contribution in [0.25, 0.3) is 0 Å². The third kappa shape index (κ3) is 3.01. The molecule has 0 heterocycles. The molecule has 1 unspecified atom stereocenters. The van der Waals surface area contributed by atoms with E-state index >= 15 is 0 Å². The van der Waals surface area contributed by atoms with Gasteiger partial charge in [0.05, 0.1) is 5.38 Å². The normalized spacial score (nSPS) is 12.5. The summed E-state index contributed by atoms with van der Waals surface area (Å²) in [6.45, 7) is 5.83. The Hall–Kier alpha value is -0.860. The van der Waals surface area contributed by atoms with Crippen molar-refractivity contribution in [3.05, 3.63) is 68.4 Å². The highest BCUT2D eigenvalue weighted by atomic mass is 79.9. The van der Waals surface area contributed by atoms with Gasteiger partial charge in [-0.3, -0.25) is 0 Å². The molecule has 0 spiro atoms. The molecule has 0 aliphatic heterocycles. The number of hydrogen-bond donors (Lipinski definition) is 0. The molecule has 0 N–H and O–H groups in total. The lowest BCUT2D eigenvalue weighted by Gasteiger charge is -2.18. The van der Waals surface area contributed by atoms with Crippen molar-refractivity contribution in [3.63, 3.8) is 0 Å². The minimum absolute atomic E-state index is 0.213. The second-order valence-corrected chi connectivity index (χ2v) is 6.17. The van der Waals surface area contributed by atoms with Crippen LogP contribution in [-0.2, 0) is 0 Å². The second-order valence-electron chi connectivity index (χ2n) is 4.82. The van der Waals surface area contributed by atoms with Crippen molar-refractivity contribution in [2.24, 2.45) is 0 Å². The average molecular weight is 342 g/mol. The maximum absolute atomic E-state index is 13.4. The zero-order valence-electron chi connectivity index (χ0n) is 11.1. The summed E-state index contributed by atoms with van der Waals surface area (Å²) in [6, 6.07) is 9.10. The van der Waals surface area contributed by atoms with E-state index in [1.54, 1.807) is 0 Å². The molecule has 2 aromatic rings. The molecule has 2 aromatic carbocycles. The highest BCUT2D eigenvalue weighted by Gasteiger charge is 2.18. The van der Waals surface area contributed by atoms with Gasteiger partial charge in [-0.1, -0.05) is 22.0 Å². The third-order valence-corrected chi connectivity index (χ3v) is 4.26. The molecule has 0 saturated heterocycles. The summed E-state index contributed by atoms with van der Waals surface area (Å²) in [5.41, 5.74) is 4.95. The zero-order valence-corrected chi connectivity index (χ0v) is 13.4. The topological polar surface area (TPSA) is 0 Å². The summed E-state index contributed by atoms with van der Waals surface area (Å²) in [5.74, 6) is -0.213. The first kappa shape index (κ1) is 14.5. The van der Waals surface area contributed by atoms with E-state index in [2.05, 4.69) is 15.9 Å². The molecule has 1 atom stereocenters. The lowest BCUT2D eigenvalue weighted by molar-refractivity contribution is 0.624. The van der Waals surface area contributed by atoms with Gasteiger partial charge in [0.1, 0.15) is 5.82 Å². The van der Waals surface area contributed by atoms with Crippen molar-refractivity contribution in [2.75, 3.05) is 0 Å². The molecule has 0 nitrogen and oxygen atoms in total. The van der Waals surface area contributed by atoms with Gasteiger partial charge >= 0.3 is 0 Å². The van der Waals surface area contributed by atoms with Crippen LogP contribution >= 0.6 is 27.5 Å². The summed E-state index contributed by atoms with van der Waals surface area (Å²) in [4.78, 5) is 0. The molecule has 0 aliphatic rings. The Labute approximate surface area is 126 Å². The molecule has 2 rings (SSSR count). The van der Waals surface area contributed by atoms with Crippen LogP contribution in [0.4, 0.5) is 4.39 Å². The van der Waals surface area contributed by atoms with E-state index in [4.69, 9.17) is 11.6 Å². The van der Waals surface area contributed by atoms with Gasteiger partial charge in [-0.25, -0.2) is 4.39 Å². The number of halogens is 3. The zero-order chi connectivity index (χ0) is 14.2. The highest BCUT2D eigenvalue weighted by molar-refractivity contribution is 9.10. The van der Waals surface area contributed by atoms with Gasteiger partial charge in [0.25, 0.3) is 0 Å². The molecule has 0 aromatic heterocycles. The van der Waals surface area contributed by atoms with Crippen LogP contribution in [0.1, 0.15) is 33.2 Å². The monoisotopic (exact) mass is 340 g/mol. The number of alkyl halides is 1. The maximum Gasteiger partial charge on any atom is 0.123 e. The van der Waals surface area contributed by atoms with E-state index in [9.17, 15) is 4.39 Å². The maximum atomic E-state index is 13.4. The SMILES string of the molecule is Cc1cc(Br)ccc1C(Cl)c1c(C)cc(F)cc1C. The molecular formula is C16H15BrClF. The summed E-state index contributed by atoms with van der Waals surface area (Å²) in [7, 11) is 0. The lowest BCUT2D eigenvalue weighted by Crippen LogP contribution is -2.02. The van der Waals surface area contributed by atoms with Crippen LogP contribution in [-0.4, -0.2) is 0 Å². The smallest absolute Gasteiger partial charge is 0.123 e. The number of rotatable bonds is 2. The van der Waals surface area contributed by atoms with Crippen molar-refractivity contribution in [1.29, 1.82) is 0 Å². The first-order valence-corrected chi connectivity index (χ1v) is 7.30. The fourth-order valence-electron chi connectivity index (χ4n) is 2.40. The molecular weight excluding hydrogens is 327 g/mol. The number of hydrogen-bond acceptors (Lipinski definition) is 0. The van der Waals surface area contributed by atoms with Gasteiger partial charge in [-0.15, -0.1) is 11.6 Å². The van der Waals surface area contributed by atoms with E-state index in [-0.39, 0.29) is 11.2 Å². The average Bonchev–Trinajstić information content (AvgIpc) is 2.26. The Morgan fingerprint density at radius 3 is 2.11 bits per heavy atom. The Balaban J connectivity index is 2.53. The Bertz CT molecular complexity index is 599.